The molecule has 2 rings (SSSR count). The molecule has 0 amide bonds. The van der Waals surface area contributed by atoms with Gasteiger partial charge in [-0.15, -0.1) is 11.3 Å². The number of thiophene rings is 1. The van der Waals surface area contributed by atoms with Crippen LogP contribution in [0.4, 0.5) is 0 Å². The number of hydrogen-bond donors (Lipinski definition) is 1. The average molecular weight is 383 g/mol. The van der Waals surface area contributed by atoms with Crippen molar-refractivity contribution in [2.24, 2.45) is 5.14 Å². The highest BCUT2D eigenvalue weighted by Gasteiger charge is 2.42. The van der Waals surface area contributed by atoms with Crippen molar-refractivity contribution in [1.29, 1.82) is 0 Å². The zero-order valence-electron chi connectivity index (χ0n) is 12.6. The van der Waals surface area contributed by atoms with Crippen LogP contribution in [0.2, 0.25) is 0 Å². The molecule has 0 fully saturated rings. The lowest BCUT2D eigenvalue weighted by Crippen LogP contribution is -2.20. The fourth-order valence-electron chi connectivity index (χ4n) is 2.21. The first kappa shape index (κ1) is 18.4. The summed E-state index contributed by atoms with van der Waals surface area (Å²) in [5.41, 5.74) is 0.171. The molecule has 130 valence electrons. The van der Waals surface area contributed by atoms with Crippen molar-refractivity contribution in [2.45, 2.75) is 20.9 Å². The highest BCUT2D eigenvalue weighted by molar-refractivity contribution is 7.98. The first-order valence-electron chi connectivity index (χ1n) is 6.41. The Hall–Kier alpha value is -0.980. The predicted molar refractivity (Wildman–Crippen MR) is 83.8 cm³/mol. The molecular weight excluding hydrogens is 366 g/mol. The van der Waals surface area contributed by atoms with Crippen molar-refractivity contribution in [2.75, 3.05) is 27.4 Å². The number of sulfone groups is 1. The van der Waals surface area contributed by atoms with Crippen LogP contribution in [0, 0.1) is 0 Å². The monoisotopic (exact) mass is 383 g/mol. The summed E-state index contributed by atoms with van der Waals surface area (Å²) in [7, 11) is -5.23. The molecule has 0 aromatic carbocycles. The Bertz CT molecular complexity index is 823. The van der Waals surface area contributed by atoms with Gasteiger partial charge in [-0.2, -0.15) is 0 Å². The molecule has 2 heterocycles. The number of sulfonamides is 1. The maximum Gasteiger partial charge on any atom is 0.251 e. The second kappa shape index (κ2) is 6.49. The van der Waals surface area contributed by atoms with E-state index in [0.717, 1.165) is 0 Å². The van der Waals surface area contributed by atoms with Gasteiger partial charge in [0.25, 0.3) is 10.0 Å². The molecule has 0 aliphatic carbocycles. The van der Waals surface area contributed by atoms with Gasteiger partial charge in [-0.3, -0.25) is 0 Å². The van der Waals surface area contributed by atoms with Crippen molar-refractivity contribution in [3.63, 3.8) is 0 Å². The lowest BCUT2D eigenvalue weighted by Gasteiger charge is -2.25. The minimum absolute atomic E-state index is 0.0101. The number of primary sulfonamides is 1. The average Bonchev–Trinajstić information content (AvgIpc) is 2.85. The summed E-state index contributed by atoms with van der Waals surface area (Å²) < 4.78 is 63.4. The third-order valence-electron chi connectivity index (χ3n) is 3.26. The highest BCUT2D eigenvalue weighted by atomic mass is 32.3. The molecular formula is C12H17NO7S3. The molecule has 2 N–H and O–H groups in total. The van der Waals surface area contributed by atoms with Gasteiger partial charge in [0.05, 0.1) is 32.0 Å². The van der Waals surface area contributed by atoms with E-state index in [2.05, 4.69) is 6.58 Å². The molecule has 11 heteroatoms. The van der Waals surface area contributed by atoms with Gasteiger partial charge in [-0.1, -0.05) is 6.58 Å². The summed E-state index contributed by atoms with van der Waals surface area (Å²) >= 11 is 0.549. The normalized spacial score (nSPS) is 20.3. The summed E-state index contributed by atoms with van der Waals surface area (Å²) in [5, 5.41) is 5.16. The van der Waals surface area contributed by atoms with E-state index >= 15 is 0 Å². The number of hydrogen-bond acceptors (Lipinski definition) is 8. The zero-order chi connectivity index (χ0) is 17.4. The molecule has 0 saturated heterocycles. The van der Waals surface area contributed by atoms with Crippen LogP contribution in [-0.4, -0.2) is 44.3 Å². The van der Waals surface area contributed by atoms with Gasteiger partial charge < -0.3 is 14.2 Å². The van der Waals surface area contributed by atoms with Gasteiger partial charge in [-0.25, -0.2) is 22.0 Å². The first-order chi connectivity index (χ1) is 10.6. The van der Waals surface area contributed by atoms with E-state index in [0.29, 0.717) is 17.9 Å². The van der Waals surface area contributed by atoms with Crippen molar-refractivity contribution < 1.29 is 31.0 Å². The number of ether oxygens (including phenoxy) is 3. The Labute approximate surface area is 138 Å². The van der Waals surface area contributed by atoms with Gasteiger partial charge in [0, 0.05) is 18.4 Å². The van der Waals surface area contributed by atoms with E-state index in [1.165, 1.54) is 14.2 Å². The van der Waals surface area contributed by atoms with Gasteiger partial charge >= 0.3 is 0 Å². The molecule has 0 saturated carbocycles. The van der Waals surface area contributed by atoms with Crippen LogP contribution in [0.3, 0.4) is 0 Å². The lowest BCUT2D eigenvalue weighted by atomic mass is 10.1. The van der Waals surface area contributed by atoms with Gasteiger partial charge in [-0.05, 0) is 0 Å². The third-order valence-corrected chi connectivity index (χ3v) is 8.23. The Morgan fingerprint density at radius 2 is 2.00 bits per heavy atom. The number of nitrogens with two attached hydrogens (primary N) is 1. The Morgan fingerprint density at radius 3 is 2.52 bits per heavy atom. The molecule has 0 radical (unpaired) electrons. The molecule has 1 aliphatic rings. The van der Waals surface area contributed by atoms with Gasteiger partial charge in [0.2, 0.25) is 9.84 Å². The van der Waals surface area contributed by atoms with E-state index in [1.807, 2.05) is 0 Å². The van der Waals surface area contributed by atoms with Crippen LogP contribution in [0.5, 0.6) is 5.75 Å². The molecule has 0 bridgehead atoms. The zero-order valence-corrected chi connectivity index (χ0v) is 15.0. The standard InChI is InChI=1S/C12H17NO7S3/c1-7-6-8(20-5-4-18-2)9-10(19-3)12(23(13,16)17)21-11(9)22(7,14)15/h8H,1,4-6H2,2-3H3,(H2,13,16,17). The van der Waals surface area contributed by atoms with E-state index in [-0.39, 0.29) is 37.7 Å². The van der Waals surface area contributed by atoms with Crippen LogP contribution in [0.25, 0.3) is 0 Å². The maximum absolute atomic E-state index is 12.4. The summed E-state index contributed by atoms with van der Waals surface area (Å²) in [6.07, 6.45) is -0.686. The summed E-state index contributed by atoms with van der Waals surface area (Å²) in [5.74, 6) is -0.0917. The predicted octanol–water partition coefficient (Wildman–Crippen LogP) is 0.799. The molecule has 1 aromatic heterocycles. The van der Waals surface area contributed by atoms with Crippen LogP contribution >= 0.6 is 11.3 Å². The quantitative estimate of drug-likeness (QED) is 0.721. The van der Waals surface area contributed by atoms with Crippen LogP contribution in [-0.2, 0) is 29.3 Å². The molecule has 23 heavy (non-hydrogen) atoms. The largest absolute Gasteiger partial charge is 0.494 e. The van der Waals surface area contributed by atoms with E-state index in [1.54, 1.807) is 0 Å². The topological polar surface area (TPSA) is 122 Å². The Morgan fingerprint density at radius 1 is 1.35 bits per heavy atom. The minimum atomic E-state index is -4.14. The molecule has 1 atom stereocenters. The molecule has 8 nitrogen and oxygen atoms in total. The lowest BCUT2D eigenvalue weighted by molar-refractivity contribution is 0.0144. The molecule has 1 unspecified atom stereocenters. The van der Waals surface area contributed by atoms with Crippen LogP contribution < -0.4 is 9.88 Å². The minimum Gasteiger partial charge on any atom is -0.494 e. The van der Waals surface area contributed by atoms with Gasteiger partial charge in [0.1, 0.15) is 4.21 Å². The SMILES string of the molecule is C=C1CC(OCCOC)c2c(sc(S(N)(=O)=O)c2OC)S1(=O)=O. The third kappa shape index (κ3) is 3.30. The second-order valence-electron chi connectivity index (χ2n) is 4.77. The van der Waals surface area contributed by atoms with E-state index in [9.17, 15) is 16.8 Å². The highest BCUT2D eigenvalue weighted by Crippen LogP contribution is 2.51. The van der Waals surface area contributed by atoms with Crippen LogP contribution in [0.1, 0.15) is 18.1 Å². The Balaban J connectivity index is 2.65. The number of rotatable bonds is 6. The number of methoxy groups -OCH3 is 2. The van der Waals surface area contributed by atoms with Gasteiger partial charge in [0.15, 0.2) is 9.96 Å². The van der Waals surface area contributed by atoms with E-state index < -0.39 is 26.0 Å². The summed E-state index contributed by atoms with van der Waals surface area (Å²) in [6.45, 7) is 4.07. The first-order valence-corrected chi connectivity index (χ1v) is 10.3. The smallest absolute Gasteiger partial charge is 0.251 e. The van der Waals surface area contributed by atoms with Crippen molar-refractivity contribution in [3.8, 4) is 5.75 Å². The van der Waals surface area contributed by atoms with E-state index in [4.69, 9.17) is 19.3 Å². The molecule has 0 spiro atoms. The van der Waals surface area contributed by atoms with Crippen molar-refractivity contribution in [3.05, 3.63) is 17.0 Å². The molecule has 1 aromatic rings. The Kier molecular flexibility index (Phi) is 5.18. The fraction of sp³-hybridized carbons (Fsp3) is 0.500. The summed E-state index contributed by atoms with van der Waals surface area (Å²) in [4.78, 5) is -0.0442. The maximum atomic E-state index is 12.4. The molecule has 1 aliphatic heterocycles. The fourth-order valence-corrected chi connectivity index (χ4v) is 6.51. The number of fused-ring (bicyclic) bond motifs is 1. The van der Waals surface area contributed by atoms with Crippen molar-refractivity contribution >= 4 is 31.2 Å². The summed E-state index contributed by atoms with van der Waals surface area (Å²) in [6, 6.07) is 0. The van der Waals surface area contributed by atoms with Crippen molar-refractivity contribution in [1.82, 2.24) is 0 Å². The van der Waals surface area contributed by atoms with Crippen LogP contribution in [0.15, 0.2) is 19.9 Å². The second-order valence-corrected chi connectivity index (χ2v) is 9.80.